The summed E-state index contributed by atoms with van der Waals surface area (Å²) in [6.45, 7) is 36.2. The molecule has 0 unspecified atom stereocenters. The highest BCUT2D eigenvalue weighted by Gasteiger charge is 2.58. The lowest BCUT2D eigenvalue weighted by Gasteiger charge is -2.46. The molecule has 0 aromatic carbocycles. The van der Waals surface area contributed by atoms with Crippen molar-refractivity contribution in [3.63, 3.8) is 0 Å². The molecule has 22 nitrogen and oxygen atoms in total. The third-order valence-corrected chi connectivity index (χ3v) is 15.0. The van der Waals surface area contributed by atoms with E-state index in [1.54, 1.807) is 30.6 Å². The van der Waals surface area contributed by atoms with Crippen molar-refractivity contribution in [1.29, 1.82) is 0 Å². The first kappa shape index (κ1) is 54.5. The quantitative estimate of drug-likeness (QED) is 0.160. The minimum absolute atomic E-state index is 0.00944. The van der Waals surface area contributed by atoms with Crippen LogP contribution < -0.4 is 5.32 Å². The highest BCUT2D eigenvalue weighted by molar-refractivity contribution is 5.83. The molecule has 8 saturated heterocycles. The molecule has 0 radical (unpaired) electrons. The van der Waals surface area contributed by atoms with Crippen LogP contribution in [0.25, 0.3) is 9.69 Å². The molecule has 71 heavy (non-hydrogen) atoms. The third kappa shape index (κ3) is 13.1. The molecule has 396 valence electrons. The van der Waals surface area contributed by atoms with Crippen LogP contribution in [0.15, 0.2) is 0 Å². The molecule has 3 amide bonds. The SMILES string of the molecule is [C-]#[N+][C@@H]1CCCN1C(=O)CN(C(=O)OCC)C1(C)CCN(C[C@H]2O[C@@H]3OC(C)(C)O[C@@H]3[C@H]2OC(C)=O)CC1.[C-]#[N+][C@@H]1CCCN1C(=O)CNC1(C)CCN(C[C@H]2O[C@@H]3OC(C)(C)O[C@@H]3[C@H]2OC(C)=O)CC1. The number of carbonyl (C=O) groups is 5. The van der Waals surface area contributed by atoms with Crippen molar-refractivity contribution < 1.29 is 66.6 Å². The number of nitrogens with zero attached hydrogens (tertiary/aromatic N) is 7. The Hall–Kier alpha value is -4.23. The molecule has 22 heteroatoms. The lowest BCUT2D eigenvalue weighted by Crippen LogP contribution is -2.59. The number of fused-ring (bicyclic) bond motifs is 2. The number of likely N-dealkylation sites (tertiary alicyclic amines) is 4. The Morgan fingerprint density at radius 2 is 1.11 bits per heavy atom. The summed E-state index contributed by atoms with van der Waals surface area (Å²) >= 11 is 0. The largest absolute Gasteiger partial charge is 0.457 e. The van der Waals surface area contributed by atoms with Crippen molar-refractivity contribution in [2.75, 3.05) is 72.1 Å². The minimum atomic E-state index is -0.816. The molecule has 0 bridgehead atoms. The number of rotatable bonds is 13. The third-order valence-electron chi connectivity index (χ3n) is 15.0. The van der Waals surface area contributed by atoms with Crippen molar-refractivity contribution >= 4 is 29.8 Å². The maximum atomic E-state index is 13.1. The first-order valence-electron chi connectivity index (χ1n) is 25.4. The molecule has 8 aliphatic heterocycles. The van der Waals surface area contributed by atoms with Gasteiger partial charge in [0.05, 0.1) is 13.2 Å². The first-order chi connectivity index (χ1) is 33.5. The van der Waals surface area contributed by atoms with Gasteiger partial charge in [0.1, 0.15) is 18.8 Å². The van der Waals surface area contributed by atoms with E-state index in [4.69, 9.17) is 55.8 Å². The topological polar surface area (TPSA) is 205 Å². The molecular formula is C49H76N8O14. The van der Waals surface area contributed by atoms with Crippen LogP contribution in [0.2, 0.25) is 0 Å². The summed E-state index contributed by atoms with van der Waals surface area (Å²) in [4.78, 5) is 78.6. The van der Waals surface area contributed by atoms with Gasteiger partial charge in [0.15, 0.2) is 48.6 Å². The standard InChI is InChI=1S/C26H40N4O8.C23H36N4O6/c1-7-34-24(33)30(16-20(32)29-12-8-9-19(29)27-6)26(5)10-13-28(14-11-26)15-18-21(35-17(2)31)22-23(36-18)38-25(3,4)37-22;1-15(28)30-19-16(31-21-20(19)32-22(2,3)33-21)14-26-11-8-23(4,9-12-26)25-13-18(29)27-10-6-7-17(27)24-5/h18-19,21-23H,7-16H2,1-5H3;16-17,19-21,25H,6-14H2,1-4H3/t18-,19+,21+,22-,23-;16-,17+,19+,20-,21-/m11/s1. The van der Waals surface area contributed by atoms with Gasteiger partial charge in [-0.15, -0.1) is 0 Å². The summed E-state index contributed by atoms with van der Waals surface area (Å²) in [6.07, 6.45) is 0.924. The van der Waals surface area contributed by atoms with E-state index in [0.717, 1.165) is 45.2 Å². The van der Waals surface area contributed by atoms with Gasteiger partial charge in [0.2, 0.25) is 11.8 Å². The second kappa shape index (κ2) is 22.5. The number of piperidine rings is 2. The number of carbonyl (C=O) groups excluding carboxylic acids is 5. The lowest BCUT2D eigenvalue weighted by molar-refractivity contribution is -0.220. The minimum Gasteiger partial charge on any atom is -0.457 e. The summed E-state index contributed by atoms with van der Waals surface area (Å²) in [7, 11) is 0. The van der Waals surface area contributed by atoms with E-state index in [9.17, 15) is 24.0 Å². The lowest BCUT2D eigenvalue weighted by atomic mass is 9.87. The predicted molar refractivity (Wildman–Crippen MR) is 251 cm³/mol. The number of amides is 3. The average Bonchev–Trinajstić information content (AvgIpc) is 4.17. The Bertz CT molecular complexity index is 2010. The van der Waals surface area contributed by atoms with Crippen LogP contribution in [0.3, 0.4) is 0 Å². The van der Waals surface area contributed by atoms with Gasteiger partial charge in [0, 0.05) is 77.0 Å². The Balaban J connectivity index is 0.000000211. The molecular weight excluding hydrogens is 925 g/mol. The van der Waals surface area contributed by atoms with Crippen LogP contribution in [0.5, 0.6) is 0 Å². The Morgan fingerprint density at radius 3 is 1.55 bits per heavy atom. The molecule has 8 heterocycles. The molecule has 8 fully saturated rings. The highest BCUT2D eigenvalue weighted by Crippen LogP contribution is 2.41. The van der Waals surface area contributed by atoms with Gasteiger partial charge >= 0.3 is 30.4 Å². The van der Waals surface area contributed by atoms with Crippen molar-refractivity contribution in [1.82, 2.24) is 29.8 Å². The maximum absolute atomic E-state index is 13.1. The number of esters is 2. The van der Waals surface area contributed by atoms with Crippen LogP contribution in [0.4, 0.5) is 4.79 Å². The van der Waals surface area contributed by atoms with Crippen molar-refractivity contribution in [2.24, 2.45) is 0 Å². The summed E-state index contributed by atoms with van der Waals surface area (Å²) in [5.41, 5.74) is -0.734. The van der Waals surface area contributed by atoms with E-state index in [1.165, 1.54) is 18.7 Å². The van der Waals surface area contributed by atoms with Crippen LogP contribution in [0.1, 0.15) is 114 Å². The Kier molecular flexibility index (Phi) is 17.3. The summed E-state index contributed by atoms with van der Waals surface area (Å²) in [5, 5.41) is 3.45. The molecule has 0 aliphatic carbocycles. The highest BCUT2D eigenvalue weighted by atomic mass is 16.9. The van der Waals surface area contributed by atoms with Gasteiger partial charge in [-0.1, -0.05) is 0 Å². The second-order valence-electron chi connectivity index (χ2n) is 21.4. The predicted octanol–water partition coefficient (Wildman–Crippen LogP) is 3.08. The molecule has 0 saturated carbocycles. The van der Waals surface area contributed by atoms with E-state index in [0.29, 0.717) is 58.5 Å². The van der Waals surface area contributed by atoms with E-state index in [1.807, 2.05) is 20.8 Å². The Labute approximate surface area is 418 Å². The molecule has 1 N–H and O–H groups in total. The van der Waals surface area contributed by atoms with Crippen LogP contribution in [0, 0.1) is 13.1 Å². The second-order valence-corrected chi connectivity index (χ2v) is 21.4. The van der Waals surface area contributed by atoms with Crippen LogP contribution in [-0.4, -0.2) is 211 Å². The fourth-order valence-corrected chi connectivity index (χ4v) is 11.1. The fraction of sp³-hybridized carbons (Fsp3) is 0.857. The molecule has 8 rings (SSSR count). The molecule has 8 aliphatic rings. The van der Waals surface area contributed by atoms with Gasteiger partial charge in [-0.2, -0.15) is 0 Å². The van der Waals surface area contributed by atoms with E-state index in [2.05, 4.69) is 31.7 Å². The summed E-state index contributed by atoms with van der Waals surface area (Å²) < 4.78 is 52.3. The van der Waals surface area contributed by atoms with Crippen molar-refractivity contribution in [3.05, 3.63) is 22.8 Å². The zero-order valence-corrected chi connectivity index (χ0v) is 43.1. The zero-order chi connectivity index (χ0) is 51.5. The van der Waals surface area contributed by atoms with Gasteiger partial charge in [-0.3, -0.25) is 43.6 Å². The first-order valence-corrected chi connectivity index (χ1v) is 25.4. The monoisotopic (exact) mass is 1000 g/mol. The number of hydrogen-bond acceptors (Lipinski definition) is 17. The number of nitrogens with one attached hydrogen (secondary N) is 1. The van der Waals surface area contributed by atoms with Crippen molar-refractivity contribution in [2.45, 2.75) is 198 Å². The van der Waals surface area contributed by atoms with Crippen LogP contribution >= 0.6 is 0 Å². The molecule has 0 spiro atoms. The normalized spacial score (nSPS) is 33.5. The van der Waals surface area contributed by atoms with Gasteiger partial charge in [-0.05, 0) is 100 Å². The van der Waals surface area contributed by atoms with Crippen LogP contribution in [-0.2, 0) is 61.8 Å². The zero-order valence-electron chi connectivity index (χ0n) is 43.1. The number of ether oxygens (including phenoxy) is 9. The summed E-state index contributed by atoms with van der Waals surface area (Å²) in [5.74, 6) is -2.56. The molecule has 0 aromatic rings. The van der Waals surface area contributed by atoms with E-state index < -0.39 is 78.4 Å². The van der Waals surface area contributed by atoms with E-state index in [-0.39, 0.29) is 55.3 Å². The fourth-order valence-electron chi connectivity index (χ4n) is 11.1. The van der Waals surface area contributed by atoms with Gasteiger partial charge in [0.25, 0.3) is 0 Å². The van der Waals surface area contributed by atoms with Gasteiger partial charge in [-0.25, -0.2) is 17.9 Å². The summed E-state index contributed by atoms with van der Waals surface area (Å²) in [6, 6.07) is 0. The maximum Gasteiger partial charge on any atom is 0.410 e. The molecule has 0 aromatic heterocycles. The van der Waals surface area contributed by atoms with E-state index >= 15 is 0 Å². The average molecular weight is 1000 g/mol. The van der Waals surface area contributed by atoms with Gasteiger partial charge < -0.3 is 57.7 Å². The molecule has 10 atom stereocenters. The number of hydrogen-bond donors (Lipinski definition) is 1. The Morgan fingerprint density at radius 1 is 0.662 bits per heavy atom. The smallest absolute Gasteiger partial charge is 0.410 e. The van der Waals surface area contributed by atoms with Crippen molar-refractivity contribution in [3.8, 4) is 0 Å².